The predicted molar refractivity (Wildman–Crippen MR) is 322 cm³/mol. The number of hydrogen-bond donors (Lipinski definition) is 0. The number of rotatable bonds is 3. The predicted octanol–water partition coefficient (Wildman–Crippen LogP) is 18.0. The molecule has 6 aromatic carbocycles. The minimum absolute atomic E-state index is 0.0136. The van der Waals surface area contributed by atoms with Crippen LogP contribution in [0.3, 0.4) is 0 Å². The molecular formula is C70H81BN2S. The standard InChI is InChI=1S/C70H81BN2S/c1-63(2,3)43-22-26-53-52(36-43)71-60-55(37-44(64(4,5)6)38-56(60)73(53)54-27-25-48-59(58(54)42-20-18-17-19-21-42)68(13,14)31-30-66(48,9)10)72(45-23-24-47-49(39-45)67(11,12)29-28-65(47,7)8)61-46-40-50-51(41-57(46)74-62(61)71)70(16)34-32-69(50,15)33-35-70/h17-27,36-41H,28-35H2,1-16H3. The van der Waals surface area contributed by atoms with Gasteiger partial charge >= 0.3 is 0 Å². The van der Waals surface area contributed by atoms with E-state index in [-0.39, 0.29) is 50.0 Å². The van der Waals surface area contributed by atoms with Crippen molar-refractivity contribution in [3.05, 3.63) is 148 Å². The number of fused-ring (bicyclic) bond motifs is 10. The Morgan fingerprint density at radius 1 is 0.459 bits per heavy atom. The van der Waals surface area contributed by atoms with Gasteiger partial charge in [0.25, 0.3) is 6.71 Å². The quantitative estimate of drug-likeness (QED) is 0.163. The summed E-state index contributed by atoms with van der Waals surface area (Å²) < 4.78 is 2.94. The van der Waals surface area contributed by atoms with Crippen molar-refractivity contribution < 1.29 is 0 Å². The highest BCUT2D eigenvalue weighted by Gasteiger charge is 2.51. The van der Waals surface area contributed by atoms with Gasteiger partial charge in [0.1, 0.15) is 0 Å². The Hall–Kier alpha value is -5.06. The van der Waals surface area contributed by atoms with Gasteiger partial charge in [0.15, 0.2) is 0 Å². The number of hydrogen-bond acceptors (Lipinski definition) is 3. The molecule has 7 aliphatic rings. The van der Waals surface area contributed by atoms with E-state index in [0.717, 1.165) is 6.42 Å². The second-order valence-corrected chi connectivity index (χ2v) is 30.7. The van der Waals surface area contributed by atoms with Gasteiger partial charge in [-0.3, -0.25) is 0 Å². The van der Waals surface area contributed by atoms with E-state index in [1.54, 1.807) is 11.1 Å². The smallest absolute Gasteiger partial charge is 0.264 e. The third kappa shape index (κ3) is 6.86. The van der Waals surface area contributed by atoms with Crippen molar-refractivity contribution in [3.8, 4) is 11.1 Å². The van der Waals surface area contributed by atoms with E-state index in [1.807, 2.05) is 0 Å². The van der Waals surface area contributed by atoms with E-state index in [0.29, 0.717) is 0 Å². The topological polar surface area (TPSA) is 6.48 Å². The molecule has 1 aromatic heterocycles. The number of anilines is 6. The molecule has 3 heterocycles. The fourth-order valence-electron chi connectivity index (χ4n) is 15.4. The minimum atomic E-state index is -0.125. The lowest BCUT2D eigenvalue weighted by Crippen LogP contribution is -2.60. The number of nitrogens with zero attached hydrogens (tertiary/aromatic N) is 2. The molecule has 0 amide bonds. The first kappa shape index (κ1) is 48.6. The molecule has 0 saturated heterocycles. The molecule has 0 N–H and O–H groups in total. The largest absolute Gasteiger partial charge is 0.311 e. The Bertz CT molecular complexity index is 3520. The second-order valence-electron chi connectivity index (χ2n) is 29.6. The molecule has 0 unspecified atom stereocenters. The highest BCUT2D eigenvalue weighted by atomic mass is 32.1. The van der Waals surface area contributed by atoms with E-state index in [2.05, 4.69) is 235 Å². The number of thiophene rings is 1. The Morgan fingerprint density at radius 3 is 1.65 bits per heavy atom. The molecule has 2 aliphatic heterocycles. The van der Waals surface area contributed by atoms with Crippen LogP contribution in [0.4, 0.5) is 34.1 Å². The van der Waals surface area contributed by atoms with E-state index < -0.39 is 0 Å². The van der Waals surface area contributed by atoms with E-state index >= 15 is 0 Å². The molecule has 14 rings (SSSR count). The zero-order chi connectivity index (χ0) is 52.2. The highest BCUT2D eigenvalue weighted by molar-refractivity contribution is 7.33. The average Bonchev–Trinajstić information content (AvgIpc) is 3.73. The number of benzene rings is 6. The lowest BCUT2D eigenvalue weighted by molar-refractivity contribution is 0.188. The van der Waals surface area contributed by atoms with Crippen LogP contribution in [0.25, 0.3) is 21.2 Å². The lowest BCUT2D eigenvalue weighted by atomic mass is 9.36. The molecule has 4 heteroatoms. The van der Waals surface area contributed by atoms with Crippen molar-refractivity contribution >= 4 is 78.0 Å². The second kappa shape index (κ2) is 15.3. The van der Waals surface area contributed by atoms with Crippen molar-refractivity contribution in [2.24, 2.45) is 0 Å². The summed E-state index contributed by atoms with van der Waals surface area (Å²) in [4.78, 5) is 5.57. The third-order valence-electron chi connectivity index (χ3n) is 20.7. The maximum Gasteiger partial charge on any atom is 0.264 e. The molecule has 0 atom stereocenters. The minimum Gasteiger partial charge on any atom is -0.311 e. The summed E-state index contributed by atoms with van der Waals surface area (Å²) in [5.74, 6) is 0. The zero-order valence-electron chi connectivity index (χ0n) is 47.9. The maximum absolute atomic E-state index is 2.81. The molecule has 380 valence electrons. The van der Waals surface area contributed by atoms with Crippen LogP contribution in [-0.4, -0.2) is 6.71 Å². The van der Waals surface area contributed by atoms with Crippen LogP contribution in [0.2, 0.25) is 0 Å². The molecule has 7 aromatic rings. The van der Waals surface area contributed by atoms with E-state index in [1.165, 1.54) is 149 Å². The van der Waals surface area contributed by atoms with Crippen LogP contribution < -0.4 is 25.5 Å². The van der Waals surface area contributed by atoms with Gasteiger partial charge in [-0.05, 0) is 204 Å². The highest BCUT2D eigenvalue weighted by Crippen LogP contribution is 2.60. The van der Waals surface area contributed by atoms with Crippen molar-refractivity contribution in [3.63, 3.8) is 0 Å². The molecule has 1 fully saturated rings. The van der Waals surface area contributed by atoms with Crippen molar-refractivity contribution in [1.82, 2.24) is 0 Å². The fourth-order valence-corrected chi connectivity index (χ4v) is 16.7. The molecule has 74 heavy (non-hydrogen) atoms. The Labute approximate surface area is 449 Å². The van der Waals surface area contributed by atoms with Crippen molar-refractivity contribution in [1.29, 1.82) is 0 Å². The molecule has 0 radical (unpaired) electrons. The molecule has 1 saturated carbocycles. The van der Waals surface area contributed by atoms with Gasteiger partial charge in [-0.2, -0.15) is 0 Å². The van der Waals surface area contributed by atoms with Crippen LogP contribution in [0.15, 0.2) is 103 Å². The van der Waals surface area contributed by atoms with Crippen LogP contribution in [-0.2, 0) is 43.3 Å². The van der Waals surface area contributed by atoms with Crippen molar-refractivity contribution in [2.45, 2.75) is 205 Å². The summed E-state index contributed by atoms with van der Waals surface area (Å²) in [6, 6.07) is 42.6. The first-order valence-corrected chi connectivity index (χ1v) is 29.4. The summed E-state index contributed by atoms with van der Waals surface area (Å²) in [6.45, 7) is 39.6. The van der Waals surface area contributed by atoms with Gasteiger partial charge < -0.3 is 9.80 Å². The normalized spacial score (nSPS) is 23.4. The summed E-state index contributed by atoms with van der Waals surface area (Å²) in [5.41, 5.74) is 26.1. The van der Waals surface area contributed by atoms with Crippen LogP contribution in [0.5, 0.6) is 0 Å². The van der Waals surface area contributed by atoms with Gasteiger partial charge in [0, 0.05) is 43.2 Å². The summed E-state index contributed by atoms with van der Waals surface area (Å²) in [5, 5.41) is 1.44. The Balaban J connectivity index is 1.19. The SMILES string of the molecule is CC(C)(C)c1ccc2c(c1)B1c3sc4cc5c(cc4c3N(c3ccc4c(c3)C(C)(C)CCC4(C)C)c3cc(C(C)(C)C)cc(c31)N2c1ccc2c(c1-c1ccccc1)C(C)(C)CCC2(C)C)C1(C)CCC5(C)CC1. The Kier molecular flexibility index (Phi) is 10.1. The molecule has 0 spiro atoms. The monoisotopic (exact) mass is 993 g/mol. The fraction of sp³-hybridized carbons (Fsp3) is 0.457. The van der Waals surface area contributed by atoms with E-state index in [9.17, 15) is 0 Å². The molecule has 5 aliphatic carbocycles. The summed E-state index contributed by atoms with van der Waals surface area (Å²) in [7, 11) is 0. The van der Waals surface area contributed by atoms with Gasteiger partial charge in [-0.15, -0.1) is 11.3 Å². The summed E-state index contributed by atoms with van der Waals surface area (Å²) >= 11 is 2.10. The summed E-state index contributed by atoms with van der Waals surface area (Å²) in [6.07, 6.45) is 9.84. The molecular weight excluding hydrogens is 912 g/mol. The van der Waals surface area contributed by atoms with Gasteiger partial charge in [0.2, 0.25) is 0 Å². The van der Waals surface area contributed by atoms with Crippen LogP contribution in [0, 0.1) is 0 Å². The molecule has 2 bridgehead atoms. The van der Waals surface area contributed by atoms with Crippen molar-refractivity contribution in [2.75, 3.05) is 9.80 Å². The van der Waals surface area contributed by atoms with Gasteiger partial charge in [-0.1, -0.05) is 165 Å². The van der Waals surface area contributed by atoms with Gasteiger partial charge in [-0.25, -0.2) is 0 Å². The van der Waals surface area contributed by atoms with Crippen LogP contribution in [0.1, 0.15) is 207 Å². The first-order valence-electron chi connectivity index (χ1n) is 28.6. The maximum atomic E-state index is 2.81. The first-order chi connectivity index (χ1) is 34.6. The Morgan fingerprint density at radius 2 is 1.01 bits per heavy atom. The third-order valence-corrected chi connectivity index (χ3v) is 21.9. The van der Waals surface area contributed by atoms with Crippen LogP contribution >= 0.6 is 11.3 Å². The lowest BCUT2D eigenvalue weighted by Gasteiger charge is -2.52. The average molecular weight is 993 g/mol. The van der Waals surface area contributed by atoms with E-state index in [4.69, 9.17) is 0 Å². The molecule has 2 nitrogen and oxygen atoms in total. The van der Waals surface area contributed by atoms with Gasteiger partial charge in [0.05, 0.1) is 11.4 Å². The zero-order valence-corrected chi connectivity index (χ0v) is 48.7.